The number of nitrogens with zero attached hydrogens (tertiary/aromatic N) is 4. The molecule has 238 valence electrons. The van der Waals surface area contributed by atoms with Crippen molar-refractivity contribution in [3.8, 4) is 6.07 Å². The van der Waals surface area contributed by atoms with E-state index in [0.717, 1.165) is 6.07 Å². The maximum Gasteiger partial charge on any atom is 0.242 e. The number of nitriles is 1. The Balaban J connectivity index is 1.87. The Morgan fingerprint density at radius 1 is 1.14 bits per heavy atom. The van der Waals surface area contributed by atoms with Crippen molar-refractivity contribution in [3.05, 3.63) is 69.2 Å². The standard InChI is InChI=1S/C32H38Cl2F2N4O4/c1-31(2,3)16-25-32(18-37,22-10-9-20(33)15-24(22)35)27(21-7-6-8-23(34)28(21)36)29-30(42)39(19-40(25)29)17-26(41)38(11-13-43-4)12-14-44-5/h6-10,15,25,27,29H,11-14,16-17,19H2,1-5H3/t25-,27-,29+,32-/m0/s1. The van der Waals surface area contributed by atoms with Crippen LogP contribution in [0.15, 0.2) is 36.4 Å². The summed E-state index contributed by atoms with van der Waals surface area (Å²) in [6.45, 7) is 6.94. The average Bonchev–Trinajstić information content (AvgIpc) is 3.40. The van der Waals surface area contributed by atoms with Gasteiger partial charge in [-0.15, -0.1) is 0 Å². The predicted molar refractivity (Wildman–Crippen MR) is 163 cm³/mol. The molecule has 0 radical (unpaired) electrons. The quantitative estimate of drug-likeness (QED) is 0.331. The molecule has 2 amide bonds. The zero-order valence-corrected chi connectivity index (χ0v) is 27.1. The van der Waals surface area contributed by atoms with E-state index in [1.165, 1.54) is 43.4 Å². The minimum atomic E-state index is -1.70. The number of halogens is 4. The summed E-state index contributed by atoms with van der Waals surface area (Å²) in [6, 6.07) is 9.06. The largest absolute Gasteiger partial charge is 0.383 e. The highest BCUT2D eigenvalue weighted by atomic mass is 35.5. The van der Waals surface area contributed by atoms with Crippen molar-refractivity contribution in [2.45, 2.75) is 50.6 Å². The first-order chi connectivity index (χ1) is 20.8. The lowest BCUT2D eigenvalue weighted by Gasteiger charge is -2.40. The highest BCUT2D eigenvalue weighted by Gasteiger charge is 2.67. The van der Waals surface area contributed by atoms with Crippen LogP contribution in [0.5, 0.6) is 0 Å². The van der Waals surface area contributed by atoms with Gasteiger partial charge in [0.05, 0.1) is 31.0 Å². The lowest BCUT2D eigenvalue weighted by molar-refractivity contribution is -0.139. The van der Waals surface area contributed by atoms with E-state index in [2.05, 4.69) is 6.07 Å². The summed E-state index contributed by atoms with van der Waals surface area (Å²) < 4.78 is 42.1. The van der Waals surface area contributed by atoms with E-state index < -0.39 is 41.0 Å². The fourth-order valence-corrected chi connectivity index (χ4v) is 6.93. The number of carbonyl (C=O) groups is 2. The number of benzene rings is 2. The Bertz CT molecular complexity index is 1420. The molecule has 44 heavy (non-hydrogen) atoms. The van der Waals surface area contributed by atoms with Crippen molar-refractivity contribution in [1.29, 1.82) is 5.26 Å². The maximum absolute atomic E-state index is 15.9. The Hall–Kier alpha value is -2.81. The summed E-state index contributed by atoms with van der Waals surface area (Å²) in [4.78, 5) is 32.6. The number of hydrogen-bond acceptors (Lipinski definition) is 6. The molecule has 0 N–H and O–H groups in total. The first-order valence-electron chi connectivity index (χ1n) is 14.4. The fourth-order valence-electron chi connectivity index (χ4n) is 6.59. The van der Waals surface area contributed by atoms with Gasteiger partial charge < -0.3 is 19.3 Å². The van der Waals surface area contributed by atoms with E-state index in [-0.39, 0.29) is 45.7 Å². The second kappa shape index (κ2) is 13.7. The van der Waals surface area contributed by atoms with Gasteiger partial charge in [-0.2, -0.15) is 5.26 Å². The Labute approximate surface area is 267 Å². The van der Waals surface area contributed by atoms with Crippen LogP contribution in [0.25, 0.3) is 0 Å². The van der Waals surface area contributed by atoms with E-state index in [0.29, 0.717) is 32.7 Å². The topological polar surface area (TPSA) is 86.1 Å². The maximum atomic E-state index is 15.9. The first kappa shape index (κ1) is 34.1. The number of ether oxygens (including phenoxy) is 2. The molecule has 2 aromatic carbocycles. The van der Waals surface area contributed by atoms with E-state index in [4.69, 9.17) is 32.7 Å². The summed E-state index contributed by atoms with van der Waals surface area (Å²) in [5.41, 5.74) is -2.03. The molecule has 2 heterocycles. The summed E-state index contributed by atoms with van der Waals surface area (Å²) in [7, 11) is 3.07. The summed E-state index contributed by atoms with van der Waals surface area (Å²) in [6.07, 6.45) is 0.362. The molecule has 8 nitrogen and oxygen atoms in total. The molecule has 0 aliphatic carbocycles. The van der Waals surface area contributed by atoms with Crippen LogP contribution < -0.4 is 0 Å². The predicted octanol–water partition coefficient (Wildman–Crippen LogP) is 5.23. The van der Waals surface area contributed by atoms with E-state index in [1.54, 1.807) is 11.0 Å². The molecule has 2 aliphatic heterocycles. The van der Waals surface area contributed by atoms with Crippen LogP contribution in [0, 0.1) is 28.4 Å². The number of fused-ring (bicyclic) bond motifs is 1. The molecule has 4 atom stereocenters. The third kappa shape index (κ3) is 6.44. The highest BCUT2D eigenvalue weighted by Crippen LogP contribution is 2.58. The van der Waals surface area contributed by atoms with Crippen LogP contribution >= 0.6 is 23.2 Å². The average molecular weight is 652 g/mol. The van der Waals surface area contributed by atoms with Crippen molar-refractivity contribution in [3.63, 3.8) is 0 Å². The molecule has 0 bridgehead atoms. The van der Waals surface area contributed by atoms with Gasteiger partial charge in [-0.1, -0.05) is 62.2 Å². The summed E-state index contributed by atoms with van der Waals surface area (Å²) >= 11 is 12.3. The third-order valence-corrected chi connectivity index (χ3v) is 9.01. The molecular weight excluding hydrogens is 613 g/mol. The Morgan fingerprint density at radius 2 is 1.80 bits per heavy atom. The molecule has 4 rings (SSSR count). The molecule has 2 aromatic rings. The normalized spacial score (nSPS) is 23.6. The van der Waals surface area contributed by atoms with Gasteiger partial charge in [0.15, 0.2) is 0 Å². The van der Waals surface area contributed by atoms with Gasteiger partial charge in [-0.3, -0.25) is 14.5 Å². The minimum absolute atomic E-state index is 0.00426. The van der Waals surface area contributed by atoms with Crippen molar-refractivity contribution in [2.75, 3.05) is 53.7 Å². The third-order valence-electron chi connectivity index (χ3n) is 8.48. The molecule has 12 heteroatoms. The Kier molecular flexibility index (Phi) is 10.6. The molecule has 0 unspecified atom stereocenters. The van der Waals surface area contributed by atoms with Crippen LogP contribution in [0.4, 0.5) is 8.78 Å². The number of amides is 2. The molecule has 0 aromatic heterocycles. The van der Waals surface area contributed by atoms with Crippen LogP contribution in [-0.2, 0) is 24.5 Å². The smallest absolute Gasteiger partial charge is 0.242 e. The van der Waals surface area contributed by atoms with Crippen LogP contribution in [0.2, 0.25) is 10.0 Å². The molecule has 0 saturated carbocycles. The second-order valence-electron chi connectivity index (χ2n) is 12.5. The van der Waals surface area contributed by atoms with Crippen molar-refractivity contribution >= 4 is 35.0 Å². The van der Waals surface area contributed by atoms with Gasteiger partial charge in [0, 0.05) is 49.9 Å². The minimum Gasteiger partial charge on any atom is -0.383 e. The molecule has 2 fully saturated rings. The highest BCUT2D eigenvalue weighted by molar-refractivity contribution is 6.31. The van der Waals surface area contributed by atoms with Gasteiger partial charge in [0.25, 0.3) is 0 Å². The zero-order valence-electron chi connectivity index (χ0n) is 25.6. The van der Waals surface area contributed by atoms with Gasteiger partial charge in [0.2, 0.25) is 11.8 Å². The Morgan fingerprint density at radius 3 is 2.36 bits per heavy atom. The number of hydrogen-bond donors (Lipinski definition) is 0. The molecule has 2 saturated heterocycles. The van der Waals surface area contributed by atoms with Gasteiger partial charge >= 0.3 is 0 Å². The monoisotopic (exact) mass is 650 g/mol. The van der Waals surface area contributed by atoms with Crippen LogP contribution in [-0.4, -0.2) is 92.3 Å². The summed E-state index contributed by atoms with van der Waals surface area (Å²) in [5, 5.41) is 11.0. The van der Waals surface area contributed by atoms with Crippen LogP contribution in [0.3, 0.4) is 0 Å². The SMILES string of the molecule is COCCN(CCOC)C(=O)CN1CN2[C@@H](CC(C)(C)C)[C@](C#N)(c3ccc(Cl)cc3F)[C@@H](c3cccc(Cl)c3F)[C@@H]2C1=O. The second-order valence-corrected chi connectivity index (χ2v) is 13.4. The summed E-state index contributed by atoms with van der Waals surface area (Å²) in [5.74, 6) is -3.41. The number of carbonyl (C=O) groups excluding carboxylic acids is 2. The number of methoxy groups -OCH3 is 2. The van der Waals surface area contributed by atoms with E-state index in [9.17, 15) is 14.9 Å². The van der Waals surface area contributed by atoms with Gasteiger partial charge in [-0.05, 0) is 35.6 Å². The van der Waals surface area contributed by atoms with Crippen LogP contribution in [0.1, 0.15) is 44.2 Å². The zero-order chi connectivity index (χ0) is 32.4. The van der Waals surface area contributed by atoms with Gasteiger partial charge in [-0.25, -0.2) is 8.78 Å². The van der Waals surface area contributed by atoms with E-state index >= 15 is 8.78 Å². The fraction of sp³-hybridized carbons (Fsp3) is 0.531. The van der Waals surface area contributed by atoms with Gasteiger partial charge in [0.1, 0.15) is 29.6 Å². The van der Waals surface area contributed by atoms with E-state index in [1.807, 2.05) is 25.7 Å². The lowest BCUT2D eigenvalue weighted by atomic mass is 9.62. The van der Waals surface area contributed by atoms with Crippen molar-refractivity contribution < 1.29 is 27.8 Å². The number of rotatable bonds is 11. The molecule has 0 spiro atoms. The molecular formula is C32H38Cl2F2N4O4. The lowest BCUT2D eigenvalue weighted by Crippen LogP contribution is -2.49. The molecule has 2 aliphatic rings. The van der Waals surface area contributed by atoms with Crippen molar-refractivity contribution in [2.24, 2.45) is 5.41 Å². The first-order valence-corrected chi connectivity index (χ1v) is 15.2. The van der Waals surface area contributed by atoms with Crippen molar-refractivity contribution in [1.82, 2.24) is 14.7 Å².